The SMILES string of the molecule is CCOC(C)CN=C(NN)NC1CC1. The van der Waals surface area contributed by atoms with Gasteiger partial charge in [-0.05, 0) is 26.7 Å². The second kappa shape index (κ2) is 5.82. The van der Waals surface area contributed by atoms with Crippen molar-refractivity contribution in [2.24, 2.45) is 10.8 Å². The molecule has 0 radical (unpaired) electrons. The monoisotopic (exact) mass is 200 g/mol. The molecule has 4 N–H and O–H groups in total. The summed E-state index contributed by atoms with van der Waals surface area (Å²) in [6.45, 7) is 5.33. The lowest BCUT2D eigenvalue weighted by Gasteiger charge is -2.11. The Morgan fingerprint density at radius 3 is 2.86 bits per heavy atom. The highest BCUT2D eigenvalue weighted by Gasteiger charge is 2.21. The minimum atomic E-state index is 0.143. The fourth-order valence-corrected chi connectivity index (χ4v) is 1.11. The van der Waals surface area contributed by atoms with Crippen molar-refractivity contribution in [2.75, 3.05) is 13.2 Å². The van der Waals surface area contributed by atoms with Crippen LogP contribution in [0.15, 0.2) is 4.99 Å². The topological polar surface area (TPSA) is 71.7 Å². The molecule has 0 amide bonds. The second-order valence-corrected chi connectivity index (χ2v) is 3.52. The van der Waals surface area contributed by atoms with Crippen LogP contribution in [0.4, 0.5) is 0 Å². The van der Waals surface area contributed by atoms with Crippen molar-refractivity contribution in [1.29, 1.82) is 0 Å². The van der Waals surface area contributed by atoms with E-state index >= 15 is 0 Å². The van der Waals surface area contributed by atoms with Crippen molar-refractivity contribution in [3.63, 3.8) is 0 Å². The lowest BCUT2D eigenvalue weighted by molar-refractivity contribution is 0.0828. The Kier molecular flexibility index (Phi) is 4.69. The molecular formula is C9H20N4O. The van der Waals surface area contributed by atoms with E-state index < -0.39 is 0 Å². The fraction of sp³-hybridized carbons (Fsp3) is 0.889. The van der Waals surface area contributed by atoms with E-state index in [0.29, 0.717) is 18.5 Å². The third kappa shape index (κ3) is 4.43. The molecule has 0 aromatic rings. The zero-order chi connectivity index (χ0) is 10.4. The van der Waals surface area contributed by atoms with E-state index in [1.807, 2.05) is 13.8 Å². The average Bonchev–Trinajstić information content (AvgIpc) is 2.96. The quantitative estimate of drug-likeness (QED) is 0.252. The minimum Gasteiger partial charge on any atom is -0.377 e. The number of ether oxygens (including phenoxy) is 1. The molecule has 1 fully saturated rings. The highest BCUT2D eigenvalue weighted by molar-refractivity contribution is 5.79. The summed E-state index contributed by atoms with van der Waals surface area (Å²) in [6, 6.07) is 0.562. The van der Waals surface area contributed by atoms with E-state index in [4.69, 9.17) is 10.6 Å². The molecule has 5 heteroatoms. The van der Waals surface area contributed by atoms with E-state index in [9.17, 15) is 0 Å². The zero-order valence-corrected chi connectivity index (χ0v) is 8.92. The molecule has 1 saturated carbocycles. The molecule has 82 valence electrons. The van der Waals surface area contributed by atoms with Gasteiger partial charge >= 0.3 is 0 Å². The summed E-state index contributed by atoms with van der Waals surface area (Å²) in [5.74, 6) is 5.99. The molecule has 0 bridgehead atoms. The Balaban J connectivity index is 2.23. The van der Waals surface area contributed by atoms with Crippen LogP contribution >= 0.6 is 0 Å². The first kappa shape index (κ1) is 11.3. The first-order chi connectivity index (χ1) is 6.76. The average molecular weight is 200 g/mol. The molecule has 5 nitrogen and oxygen atoms in total. The van der Waals surface area contributed by atoms with Crippen LogP contribution in [0.2, 0.25) is 0 Å². The fourth-order valence-electron chi connectivity index (χ4n) is 1.11. The molecule has 1 atom stereocenters. The molecule has 0 aromatic heterocycles. The van der Waals surface area contributed by atoms with Crippen LogP contribution in [-0.4, -0.2) is 31.3 Å². The number of nitrogens with two attached hydrogens (primary N) is 1. The number of aliphatic imine (C=N–C) groups is 1. The normalized spacial score (nSPS) is 19.2. The number of hydrazine groups is 1. The Hall–Kier alpha value is -0.810. The van der Waals surface area contributed by atoms with Gasteiger partial charge < -0.3 is 10.1 Å². The molecule has 14 heavy (non-hydrogen) atoms. The highest BCUT2D eigenvalue weighted by Crippen LogP contribution is 2.18. The lowest BCUT2D eigenvalue weighted by Crippen LogP contribution is -2.43. The number of nitrogens with zero attached hydrogens (tertiary/aromatic N) is 1. The van der Waals surface area contributed by atoms with Gasteiger partial charge in [0.2, 0.25) is 5.96 Å². The molecule has 1 unspecified atom stereocenters. The number of rotatable bonds is 5. The third-order valence-corrected chi connectivity index (χ3v) is 2.01. The molecule has 0 aromatic carbocycles. The first-order valence-corrected chi connectivity index (χ1v) is 5.15. The summed E-state index contributed by atoms with van der Waals surface area (Å²) in [4.78, 5) is 4.29. The van der Waals surface area contributed by atoms with Gasteiger partial charge in [-0.15, -0.1) is 0 Å². The van der Waals surface area contributed by atoms with Crippen molar-refractivity contribution in [1.82, 2.24) is 10.7 Å². The summed E-state index contributed by atoms with van der Waals surface area (Å²) < 4.78 is 5.35. The summed E-state index contributed by atoms with van der Waals surface area (Å²) >= 11 is 0. The van der Waals surface area contributed by atoms with Crippen molar-refractivity contribution < 1.29 is 4.74 Å². The maximum Gasteiger partial charge on any atom is 0.206 e. The largest absolute Gasteiger partial charge is 0.377 e. The number of guanidine groups is 1. The van der Waals surface area contributed by atoms with Crippen LogP contribution in [0.3, 0.4) is 0 Å². The van der Waals surface area contributed by atoms with Gasteiger partial charge in [-0.3, -0.25) is 5.43 Å². The minimum absolute atomic E-state index is 0.143. The Labute approximate surface area is 85.1 Å². The Morgan fingerprint density at radius 2 is 2.36 bits per heavy atom. The summed E-state index contributed by atoms with van der Waals surface area (Å²) in [5.41, 5.74) is 2.55. The first-order valence-electron chi connectivity index (χ1n) is 5.15. The van der Waals surface area contributed by atoms with Crippen molar-refractivity contribution in [3.8, 4) is 0 Å². The van der Waals surface area contributed by atoms with Gasteiger partial charge in [-0.1, -0.05) is 0 Å². The molecule has 1 aliphatic carbocycles. The second-order valence-electron chi connectivity index (χ2n) is 3.52. The molecule has 1 aliphatic rings. The maximum absolute atomic E-state index is 5.35. The number of nitrogens with one attached hydrogen (secondary N) is 2. The standard InChI is InChI=1S/C9H20N4O/c1-3-14-7(2)6-11-9(13-10)12-8-4-5-8/h7-8H,3-6,10H2,1-2H3,(H2,11,12,13). The Morgan fingerprint density at radius 1 is 1.64 bits per heavy atom. The number of hydrogen-bond acceptors (Lipinski definition) is 3. The van der Waals surface area contributed by atoms with E-state index in [0.717, 1.165) is 6.61 Å². The van der Waals surface area contributed by atoms with Gasteiger partial charge in [0.05, 0.1) is 12.6 Å². The van der Waals surface area contributed by atoms with Gasteiger partial charge in [-0.25, -0.2) is 10.8 Å². The predicted molar refractivity (Wildman–Crippen MR) is 56.9 cm³/mol. The van der Waals surface area contributed by atoms with Crippen LogP contribution in [0.5, 0.6) is 0 Å². The smallest absolute Gasteiger partial charge is 0.206 e. The summed E-state index contributed by atoms with van der Waals surface area (Å²) in [7, 11) is 0. The van der Waals surface area contributed by atoms with Crippen LogP contribution in [0.1, 0.15) is 26.7 Å². The highest BCUT2D eigenvalue weighted by atomic mass is 16.5. The van der Waals surface area contributed by atoms with Gasteiger partial charge in [0.25, 0.3) is 0 Å². The van der Waals surface area contributed by atoms with Crippen LogP contribution in [0.25, 0.3) is 0 Å². The van der Waals surface area contributed by atoms with E-state index in [1.165, 1.54) is 12.8 Å². The third-order valence-electron chi connectivity index (χ3n) is 2.01. The Bertz CT molecular complexity index is 191. The molecule has 1 rings (SSSR count). The maximum atomic E-state index is 5.35. The van der Waals surface area contributed by atoms with Crippen molar-refractivity contribution in [3.05, 3.63) is 0 Å². The molecule has 0 aliphatic heterocycles. The van der Waals surface area contributed by atoms with Gasteiger partial charge in [0.15, 0.2) is 0 Å². The van der Waals surface area contributed by atoms with Crippen LogP contribution < -0.4 is 16.6 Å². The molecule has 0 spiro atoms. The van der Waals surface area contributed by atoms with Crippen LogP contribution in [0, 0.1) is 0 Å². The van der Waals surface area contributed by atoms with Crippen molar-refractivity contribution >= 4 is 5.96 Å². The van der Waals surface area contributed by atoms with Gasteiger partial charge in [0.1, 0.15) is 0 Å². The molecule has 0 saturated heterocycles. The zero-order valence-electron chi connectivity index (χ0n) is 8.92. The summed E-state index contributed by atoms with van der Waals surface area (Å²) in [6.07, 6.45) is 2.56. The van der Waals surface area contributed by atoms with E-state index in [-0.39, 0.29) is 6.10 Å². The number of hydrogen-bond donors (Lipinski definition) is 3. The van der Waals surface area contributed by atoms with Gasteiger partial charge in [0, 0.05) is 12.6 Å². The van der Waals surface area contributed by atoms with E-state index in [1.54, 1.807) is 0 Å². The predicted octanol–water partition coefficient (Wildman–Crippen LogP) is -0.0173. The van der Waals surface area contributed by atoms with Crippen LogP contribution in [-0.2, 0) is 4.74 Å². The lowest BCUT2D eigenvalue weighted by atomic mass is 10.4. The van der Waals surface area contributed by atoms with E-state index in [2.05, 4.69) is 15.7 Å². The molecule has 0 heterocycles. The van der Waals surface area contributed by atoms with Crippen molar-refractivity contribution in [2.45, 2.75) is 38.8 Å². The summed E-state index contributed by atoms with van der Waals surface area (Å²) in [5, 5.41) is 3.20. The van der Waals surface area contributed by atoms with Gasteiger partial charge in [-0.2, -0.15) is 0 Å². The molecular weight excluding hydrogens is 180 g/mol.